The van der Waals surface area contributed by atoms with Crippen LogP contribution in [0.15, 0.2) is 53.4 Å². The van der Waals surface area contributed by atoms with Crippen LogP contribution < -0.4 is 14.2 Å². The Balaban J connectivity index is 1.45. The van der Waals surface area contributed by atoms with Gasteiger partial charge in [0.05, 0.1) is 0 Å². The molecule has 1 heterocycles. The van der Waals surface area contributed by atoms with Gasteiger partial charge in [0.25, 0.3) is 0 Å². The summed E-state index contributed by atoms with van der Waals surface area (Å²) in [5.74, 6) is 0.654. The maximum absolute atomic E-state index is 12.4. The summed E-state index contributed by atoms with van der Waals surface area (Å²) in [6.45, 7) is 8.77. The van der Waals surface area contributed by atoms with Crippen molar-refractivity contribution in [2.24, 2.45) is 0 Å². The van der Waals surface area contributed by atoms with Crippen LogP contribution in [0, 0.1) is 0 Å². The van der Waals surface area contributed by atoms with Crippen molar-refractivity contribution >= 4 is 11.9 Å². The molecule has 1 fully saturated rings. The fourth-order valence-electron chi connectivity index (χ4n) is 3.23. The Hall–Kier alpha value is -1.90. The van der Waals surface area contributed by atoms with Gasteiger partial charge < -0.3 is 9.47 Å². The molecule has 2 aromatic carbocycles. The highest BCUT2D eigenvalue weighted by atomic mass is 32.2. The molecule has 8 heteroatoms. The lowest BCUT2D eigenvalue weighted by Crippen LogP contribution is -2.28. The second-order valence-corrected chi connectivity index (χ2v) is 9.23. The number of ether oxygens (including phenoxy) is 2. The molecule has 1 N–H and O–H groups in total. The van der Waals surface area contributed by atoms with Crippen LogP contribution in [-0.2, 0) is 6.54 Å². The van der Waals surface area contributed by atoms with Crippen molar-refractivity contribution in [1.82, 2.24) is 9.62 Å². The van der Waals surface area contributed by atoms with Crippen molar-refractivity contribution in [1.29, 1.82) is 0 Å². The summed E-state index contributed by atoms with van der Waals surface area (Å²) in [5, 5.41) is 0. The minimum Gasteiger partial charge on any atom is -0.488 e. The predicted molar refractivity (Wildman–Crippen MR) is 113 cm³/mol. The van der Waals surface area contributed by atoms with Crippen molar-refractivity contribution in [3.8, 4) is 11.5 Å². The number of halogens is 3. The van der Waals surface area contributed by atoms with E-state index < -0.39 is 6.36 Å². The van der Waals surface area contributed by atoms with Crippen LogP contribution in [0.5, 0.6) is 11.5 Å². The number of alkyl halides is 3. The van der Waals surface area contributed by atoms with Gasteiger partial charge >= 0.3 is 6.36 Å². The van der Waals surface area contributed by atoms with Crippen molar-refractivity contribution in [3.05, 3.63) is 54.1 Å². The molecule has 1 aliphatic heterocycles. The number of likely N-dealkylation sites (tertiary alicyclic amines) is 1. The van der Waals surface area contributed by atoms with E-state index in [1.54, 1.807) is 12.1 Å². The molecule has 164 valence electrons. The van der Waals surface area contributed by atoms with Crippen LogP contribution in [0.3, 0.4) is 0 Å². The van der Waals surface area contributed by atoms with E-state index in [2.05, 4.69) is 26.5 Å². The molecule has 30 heavy (non-hydrogen) atoms. The SMILES string of the molecule is CC(C)(C)Oc1ccc(CN2CCC(NSc3cccc(OC(F)(F)F)c3)C2)cc1. The first kappa shape index (κ1) is 22.8. The van der Waals surface area contributed by atoms with Crippen molar-refractivity contribution < 1.29 is 22.6 Å². The van der Waals surface area contributed by atoms with Gasteiger partial charge in [-0.3, -0.25) is 9.62 Å². The Bertz CT molecular complexity index is 822. The van der Waals surface area contributed by atoms with Gasteiger partial charge in [0.1, 0.15) is 17.1 Å². The summed E-state index contributed by atoms with van der Waals surface area (Å²) in [6, 6.07) is 14.4. The van der Waals surface area contributed by atoms with Gasteiger partial charge in [0.2, 0.25) is 0 Å². The zero-order chi connectivity index (χ0) is 21.8. The standard InChI is InChI=1S/C22H27F3N2O2S/c1-21(2,3)28-18-9-7-16(8-10-18)14-27-12-11-17(15-27)26-30-20-6-4-5-19(13-20)29-22(23,24)25/h4-10,13,17,26H,11-12,14-15H2,1-3H3. The molecular formula is C22H27F3N2O2S. The van der Waals surface area contributed by atoms with Crippen LogP contribution in [0.4, 0.5) is 13.2 Å². The Morgan fingerprint density at radius 1 is 1.03 bits per heavy atom. The van der Waals surface area contributed by atoms with Crippen molar-refractivity contribution in [2.45, 2.75) is 56.6 Å². The molecule has 1 atom stereocenters. The zero-order valence-corrected chi connectivity index (χ0v) is 18.1. The third-order valence-electron chi connectivity index (χ3n) is 4.41. The second kappa shape index (κ2) is 9.49. The topological polar surface area (TPSA) is 33.7 Å². The molecule has 0 radical (unpaired) electrons. The van der Waals surface area contributed by atoms with Gasteiger partial charge in [-0.25, -0.2) is 0 Å². The average molecular weight is 441 g/mol. The fraction of sp³-hybridized carbons (Fsp3) is 0.455. The average Bonchev–Trinajstić information content (AvgIpc) is 3.07. The van der Waals surface area contributed by atoms with E-state index in [4.69, 9.17) is 4.74 Å². The lowest BCUT2D eigenvalue weighted by Gasteiger charge is -2.22. The first-order valence-corrected chi connectivity index (χ1v) is 10.7. The summed E-state index contributed by atoms with van der Waals surface area (Å²) >= 11 is 1.33. The third-order valence-corrected chi connectivity index (χ3v) is 5.35. The van der Waals surface area contributed by atoms with Gasteiger partial charge in [-0.15, -0.1) is 13.2 Å². The molecule has 1 aliphatic rings. The highest BCUT2D eigenvalue weighted by molar-refractivity contribution is 7.97. The van der Waals surface area contributed by atoms with E-state index in [1.165, 1.54) is 29.6 Å². The van der Waals surface area contributed by atoms with Gasteiger partial charge in [-0.1, -0.05) is 18.2 Å². The van der Waals surface area contributed by atoms with Crippen LogP contribution in [0.1, 0.15) is 32.8 Å². The number of nitrogens with one attached hydrogen (secondary N) is 1. The summed E-state index contributed by atoms with van der Waals surface area (Å²) in [4.78, 5) is 3.05. The van der Waals surface area contributed by atoms with Gasteiger partial charge in [-0.2, -0.15) is 0 Å². The molecular weight excluding hydrogens is 413 g/mol. The van der Waals surface area contributed by atoms with Gasteiger partial charge in [-0.05, 0) is 75.0 Å². The highest BCUT2D eigenvalue weighted by Gasteiger charge is 2.31. The lowest BCUT2D eigenvalue weighted by atomic mass is 10.1. The number of rotatable bonds is 7. The Morgan fingerprint density at radius 2 is 1.77 bits per heavy atom. The van der Waals surface area contributed by atoms with Crippen LogP contribution in [0.2, 0.25) is 0 Å². The first-order valence-electron chi connectivity index (χ1n) is 9.84. The molecule has 2 aromatic rings. The first-order chi connectivity index (χ1) is 14.1. The van der Waals surface area contributed by atoms with E-state index >= 15 is 0 Å². The van der Waals surface area contributed by atoms with E-state index in [1.807, 2.05) is 32.9 Å². The minimum absolute atomic E-state index is 0.207. The Kier molecular flexibility index (Phi) is 7.21. The van der Waals surface area contributed by atoms with Gasteiger partial charge in [0, 0.05) is 30.6 Å². The van der Waals surface area contributed by atoms with Crippen LogP contribution >= 0.6 is 11.9 Å². The van der Waals surface area contributed by atoms with Crippen LogP contribution in [0.25, 0.3) is 0 Å². The van der Waals surface area contributed by atoms with Crippen molar-refractivity contribution in [2.75, 3.05) is 13.1 Å². The van der Waals surface area contributed by atoms with Gasteiger partial charge in [0.15, 0.2) is 0 Å². The molecule has 0 amide bonds. The smallest absolute Gasteiger partial charge is 0.488 e. The van der Waals surface area contributed by atoms with Crippen molar-refractivity contribution in [3.63, 3.8) is 0 Å². The summed E-state index contributed by atoms with van der Waals surface area (Å²) in [5.41, 5.74) is 1.01. The van der Waals surface area contributed by atoms with E-state index in [9.17, 15) is 13.2 Å². The third kappa shape index (κ3) is 7.74. The van der Waals surface area contributed by atoms with E-state index in [0.717, 1.165) is 31.8 Å². The quantitative estimate of drug-likeness (QED) is 0.564. The second-order valence-electron chi connectivity index (χ2n) is 8.32. The zero-order valence-electron chi connectivity index (χ0n) is 17.3. The molecule has 1 saturated heterocycles. The minimum atomic E-state index is -4.68. The molecule has 0 aromatic heterocycles. The molecule has 4 nitrogen and oxygen atoms in total. The molecule has 1 unspecified atom stereocenters. The highest BCUT2D eigenvalue weighted by Crippen LogP contribution is 2.27. The molecule has 0 saturated carbocycles. The fourth-order valence-corrected chi connectivity index (χ4v) is 4.05. The lowest BCUT2D eigenvalue weighted by molar-refractivity contribution is -0.274. The monoisotopic (exact) mass is 440 g/mol. The number of hydrogen-bond donors (Lipinski definition) is 1. The number of benzene rings is 2. The maximum atomic E-state index is 12.4. The van der Waals surface area contributed by atoms with E-state index in [0.29, 0.717) is 4.90 Å². The number of nitrogens with zero attached hydrogens (tertiary/aromatic N) is 1. The number of hydrogen-bond acceptors (Lipinski definition) is 5. The predicted octanol–water partition coefficient (Wildman–Crippen LogP) is 5.63. The Morgan fingerprint density at radius 3 is 2.43 bits per heavy atom. The summed E-state index contributed by atoms with van der Waals surface area (Å²) < 4.78 is 50.3. The molecule has 3 rings (SSSR count). The summed E-state index contributed by atoms with van der Waals surface area (Å²) in [6.07, 6.45) is -3.70. The molecule has 0 aliphatic carbocycles. The largest absolute Gasteiger partial charge is 0.573 e. The Labute approximate surface area is 179 Å². The maximum Gasteiger partial charge on any atom is 0.573 e. The van der Waals surface area contributed by atoms with Crippen LogP contribution in [-0.4, -0.2) is 36.0 Å². The molecule has 0 bridgehead atoms. The normalized spacial score (nSPS) is 17.9. The van der Waals surface area contributed by atoms with E-state index in [-0.39, 0.29) is 17.4 Å². The summed E-state index contributed by atoms with van der Waals surface area (Å²) in [7, 11) is 0. The molecule has 0 spiro atoms.